The Morgan fingerprint density at radius 2 is 0.373 bits per heavy atom. The smallest absolute Gasteiger partial charge is 0.190 e. The van der Waals surface area contributed by atoms with Crippen molar-refractivity contribution in [1.29, 1.82) is 0 Å². The van der Waals surface area contributed by atoms with Crippen LogP contribution in [0.25, 0.3) is 11.1 Å². The average molecular weight is 1480 g/mol. The minimum absolute atomic E-state index is 0.0892. The van der Waals surface area contributed by atoms with E-state index >= 15 is 0 Å². The van der Waals surface area contributed by atoms with Crippen LogP contribution in [0.1, 0.15) is 280 Å². The third kappa shape index (κ3) is 19.2. The van der Waals surface area contributed by atoms with Gasteiger partial charge in [-0.05, 0) is 258 Å². The fraction of sp³-hybridized carbons (Fsp3) is 0.451. The van der Waals surface area contributed by atoms with Gasteiger partial charge in [-0.2, -0.15) is 0 Å². The summed E-state index contributed by atoms with van der Waals surface area (Å²) in [4.78, 5) is 104. The molecule has 0 saturated carbocycles. The van der Waals surface area contributed by atoms with Crippen molar-refractivity contribution >= 4 is 57.4 Å². The molecule has 0 atom stereocenters. The Bertz CT molecular complexity index is 4530. The molecular weight excluding hydrogens is 1350 g/mol. The number of fused-ring (bicyclic) bond motifs is 2. The number of ketones is 8. The van der Waals surface area contributed by atoms with Gasteiger partial charge in [0.1, 0.15) is 0 Å². The predicted octanol–water partition coefficient (Wildman–Crippen LogP) is 25.6. The normalized spacial score (nSPS) is 20.1. The molecular formula is C102H128O8. The van der Waals surface area contributed by atoms with Crippen molar-refractivity contribution < 1.29 is 38.4 Å². The summed E-state index contributed by atoms with van der Waals surface area (Å²) in [6, 6.07) is 15.7. The number of Topliss-reactive ketones (excluding diaryl/α,β-unsaturated/α-hetero) is 8. The number of hydrogen-bond donors (Lipinski definition) is 0. The van der Waals surface area contributed by atoms with Crippen LogP contribution >= 0.6 is 0 Å². The monoisotopic (exact) mass is 1480 g/mol. The number of rotatable bonds is 4. The highest BCUT2D eigenvalue weighted by atomic mass is 16.2. The second-order valence-corrected chi connectivity index (χ2v) is 40.6. The molecule has 10 rings (SSSR count). The minimum Gasteiger partial charge on any atom is -0.289 e. The highest BCUT2D eigenvalue weighted by Crippen LogP contribution is 2.50. The summed E-state index contributed by atoms with van der Waals surface area (Å²) in [5.41, 5.74) is 20.3. The van der Waals surface area contributed by atoms with E-state index in [1.54, 1.807) is 0 Å². The molecule has 0 saturated heterocycles. The molecule has 8 heteroatoms. The van der Waals surface area contributed by atoms with Crippen LogP contribution in [0.2, 0.25) is 0 Å². The minimum atomic E-state index is -0.259. The van der Waals surface area contributed by atoms with Gasteiger partial charge in [0.2, 0.25) is 0 Å². The lowest BCUT2D eigenvalue weighted by Crippen LogP contribution is -2.29. The Balaban J connectivity index is 0.000000206. The molecule has 0 amide bonds. The maximum Gasteiger partial charge on any atom is 0.190 e. The standard InChI is InChI=1S/C30H32O2.C28H40O2.2C22H28O2/c1-7-29(3,4)25-17-23(19-13-9-11-15-21(19)27(25)31)24-18-26(30(5,6)8-2)28(32)22-16-12-10-14-20(22)24;1-25(2,3)19-13-17(14-20(23(19)29)26(4,5)6)18-15-21(27(7,8)9)24(30)22(16-18)28(10,11)12;1-13-9-15(11-17(19(13)23)21(3,4)5)16-10-14(2)20(24)18(12-16)22(6,7)8;1-13-9-15(10-14(2)19(13)23)16-11-17(21(3,4)5)20(24)18(12-16)22(6,7)8/h9-18H,7-8H2,1-6H3;13-16H,1-12H3;2*9-12H,1-8H3/b24-23+;;16-15+;. The van der Waals surface area contributed by atoms with E-state index in [-0.39, 0.29) is 100 Å². The third-order valence-corrected chi connectivity index (χ3v) is 22.2. The first-order valence-corrected chi connectivity index (χ1v) is 39.5. The fourth-order valence-corrected chi connectivity index (χ4v) is 14.4. The number of carbonyl (C=O) groups excluding carboxylic acids is 8. The van der Waals surface area contributed by atoms with Crippen LogP contribution < -0.4 is 0 Å². The van der Waals surface area contributed by atoms with Gasteiger partial charge < -0.3 is 0 Å². The van der Waals surface area contributed by atoms with Crippen molar-refractivity contribution in [1.82, 2.24) is 0 Å². The number of hydrogen-bond acceptors (Lipinski definition) is 8. The molecule has 8 aliphatic carbocycles. The van der Waals surface area contributed by atoms with Crippen molar-refractivity contribution in [3.8, 4) is 0 Å². The molecule has 0 bridgehead atoms. The first-order valence-electron chi connectivity index (χ1n) is 39.5. The summed E-state index contributed by atoms with van der Waals surface area (Å²) < 4.78 is 0. The molecule has 8 nitrogen and oxygen atoms in total. The molecule has 0 heterocycles. The van der Waals surface area contributed by atoms with E-state index in [9.17, 15) is 38.4 Å². The molecule has 0 radical (unpaired) electrons. The Hall–Kier alpha value is -8.88. The number of allylic oxidation sites excluding steroid dienone is 36. The van der Waals surface area contributed by atoms with Gasteiger partial charge in [-0.15, -0.1) is 0 Å². The Labute approximate surface area is 661 Å². The van der Waals surface area contributed by atoms with E-state index in [1.807, 2.05) is 149 Å². The van der Waals surface area contributed by atoms with Crippen molar-refractivity contribution in [2.24, 2.45) is 54.1 Å². The quantitative estimate of drug-likeness (QED) is 0.295. The van der Waals surface area contributed by atoms with Crippen LogP contribution in [0.4, 0.5) is 0 Å². The van der Waals surface area contributed by atoms with Crippen molar-refractivity contribution in [2.75, 3.05) is 0 Å². The molecule has 8 aliphatic rings. The fourth-order valence-electron chi connectivity index (χ4n) is 14.4. The largest absolute Gasteiger partial charge is 0.289 e. The van der Waals surface area contributed by atoms with E-state index in [0.29, 0.717) is 0 Å². The predicted molar refractivity (Wildman–Crippen MR) is 459 cm³/mol. The van der Waals surface area contributed by atoms with Gasteiger partial charge in [0.15, 0.2) is 46.3 Å². The van der Waals surface area contributed by atoms with Crippen LogP contribution in [0.3, 0.4) is 0 Å². The first-order chi connectivity index (χ1) is 50.0. The summed E-state index contributed by atoms with van der Waals surface area (Å²) in [6.07, 6.45) is 29.7. The van der Waals surface area contributed by atoms with Gasteiger partial charge in [0.05, 0.1) is 0 Å². The molecule has 0 unspecified atom stereocenters. The summed E-state index contributed by atoms with van der Waals surface area (Å²) in [5, 5.41) is 0. The molecule has 0 aromatic heterocycles. The molecule has 584 valence electrons. The highest BCUT2D eigenvalue weighted by Gasteiger charge is 2.42. The van der Waals surface area contributed by atoms with Gasteiger partial charge in [0, 0.05) is 66.9 Å². The summed E-state index contributed by atoms with van der Waals surface area (Å²) in [7, 11) is 0. The first kappa shape index (κ1) is 88.3. The molecule has 2 aromatic rings. The number of carbonyl (C=O) groups is 8. The molecule has 0 aliphatic heterocycles. The van der Waals surface area contributed by atoms with Crippen molar-refractivity contribution in [2.45, 2.75) is 248 Å². The maximum absolute atomic E-state index is 13.5. The Morgan fingerprint density at radius 3 is 0.573 bits per heavy atom. The zero-order valence-electron chi connectivity index (χ0n) is 73.4. The van der Waals surface area contributed by atoms with E-state index in [1.165, 1.54) is 0 Å². The lowest BCUT2D eigenvalue weighted by Gasteiger charge is -2.34. The summed E-state index contributed by atoms with van der Waals surface area (Å²) in [6.45, 7) is 69.9. The SMILES string of the molecule is CC(C)(C)C1=CC(=C2C=C(C(C)(C)C)C(=O)C(C(C)(C)C)=C2)C=C(C(C)(C)C)C1=O.CC1=C/C(=C2/C=C(C)C(=O)C(C(C)(C)C)=C2)C=C(C(C)(C)C)C1=O.CC1=CC(=C2C=C(C(C)(C)C)C(=O)C(C(C)(C)C)=C2)C=C(C)C1=O.CCC(C)(C)C1=C/C(=C2/C=C(C(C)(C)CC)C(=O)c3ccccc32)c2ccccc2C1=O. The lowest BCUT2D eigenvalue weighted by molar-refractivity contribution is -0.114. The van der Waals surface area contributed by atoms with Gasteiger partial charge in [-0.25, -0.2) is 0 Å². The van der Waals surface area contributed by atoms with Crippen LogP contribution in [0.5, 0.6) is 0 Å². The highest BCUT2D eigenvalue weighted by molar-refractivity contribution is 6.24. The van der Waals surface area contributed by atoms with Crippen LogP contribution in [-0.2, 0) is 28.8 Å². The van der Waals surface area contributed by atoms with E-state index in [0.717, 1.165) is 158 Å². The van der Waals surface area contributed by atoms with Crippen molar-refractivity contribution in [3.63, 3.8) is 0 Å². The second-order valence-electron chi connectivity index (χ2n) is 40.6. The van der Waals surface area contributed by atoms with E-state index < -0.39 is 0 Å². The van der Waals surface area contributed by atoms with Gasteiger partial charge in [-0.3, -0.25) is 38.4 Å². The van der Waals surface area contributed by atoms with Gasteiger partial charge >= 0.3 is 0 Å². The molecule has 0 spiro atoms. The maximum atomic E-state index is 13.5. The third-order valence-electron chi connectivity index (χ3n) is 22.2. The van der Waals surface area contributed by atoms with Crippen LogP contribution in [0.15, 0.2) is 245 Å². The summed E-state index contributed by atoms with van der Waals surface area (Å²) in [5.74, 6) is 0.917. The van der Waals surface area contributed by atoms with E-state index in [2.05, 4.69) is 220 Å². The van der Waals surface area contributed by atoms with Crippen molar-refractivity contribution in [3.05, 3.63) is 267 Å². The van der Waals surface area contributed by atoms with Gasteiger partial charge in [0.25, 0.3) is 0 Å². The molecule has 2 aromatic carbocycles. The topological polar surface area (TPSA) is 137 Å². The lowest BCUT2D eigenvalue weighted by atomic mass is 9.69. The zero-order chi connectivity index (χ0) is 83.6. The molecule has 0 N–H and O–H groups in total. The van der Waals surface area contributed by atoms with Crippen LogP contribution in [0, 0.1) is 54.1 Å². The molecule has 110 heavy (non-hydrogen) atoms. The average Bonchev–Trinajstić information content (AvgIpc) is 0.768. The second kappa shape index (κ2) is 31.4. The summed E-state index contributed by atoms with van der Waals surface area (Å²) >= 11 is 0. The zero-order valence-corrected chi connectivity index (χ0v) is 73.4. The Kier molecular flexibility index (Phi) is 25.2. The molecule has 0 fully saturated rings. The van der Waals surface area contributed by atoms with E-state index in [4.69, 9.17) is 0 Å². The Morgan fingerprint density at radius 1 is 0.200 bits per heavy atom. The van der Waals surface area contributed by atoms with Gasteiger partial charge in [-0.1, -0.05) is 256 Å². The number of benzene rings is 2. The van der Waals surface area contributed by atoms with Crippen LogP contribution in [-0.4, -0.2) is 46.3 Å².